The number of likely N-dealkylation sites (tertiary alicyclic amines) is 1. The largest absolute Gasteiger partial charge is 0.370 e. The second-order valence-corrected chi connectivity index (χ2v) is 5.76. The molecular weight excluding hydrogens is 310 g/mol. The molecule has 118 valence electrons. The number of hydrogen-bond acceptors (Lipinski definition) is 4. The van der Waals surface area contributed by atoms with E-state index in [0.717, 1.165) is 12.8 Å². The number of nitrogens with zero attached hydrogens (tertiary/aromatic N) is 2. The fourth-order valence-corrected chi connectivity index (χ4v) is 2.92. The molecule has 0 radical (unpaired) electrons. The van der Waals surface area contributed by atoms with E-state index in [4.69, 9.17) is 17.3 Å². The molecule has 0 unspecified atom stereocenters. The summed E-state index contributed by atoms with van der Waals surface area (Å²) in [6, 6.07) is 3.92. The van der Waals surface area contributed by atoms with Crippen LogP contribution in [0.3, 0.4) is 0 Å². The lowest BCUT2D eigenvalue weighted by molar-refractivity contribution is -0.384. The Morgan fingerprint density at radius 3 is 2.77 bits per heavy atom. The number of halogens is 1. The molecule has 2 amide bonds. The highest BCUT2D eigenvalue weighted by molar-refractivity contribution is 6.33. The summed E-state index contributed by atoms with van der Waals surface area (Å²) < 4.78 is 0. The molecule has 7 nitrogen and oxygen atoms in total. The number of rotatable bonds is 4. The molecule has 1 heterocycles. The number of nitro benzene ring substituents is 1. The minimum Gasteiger partial charge on any atom is -0.370 e. The molecule has 1 saturated heterocycles. The predicted octanol–water partition coefficient (Wildman–Crippen LogP) is 1.98. The van der Waals surface area contributed by atoms with Crippen molar-refractivity contribution in [3.8, 4) is 0 Å². The molecule has 0 saturated carbocycles. The van der Waals surface area contributed by atoms with Crippen LogP contribution in [0.25, 0.3) is 0 Å². The van der Waals surface area contributed by atoms with E-state index in [0.29, 0.717) is 18.7 Å². The van der Waals surface area contributed by atoms with Crippen LogP contribution < -0.4 is 5.73 Å². The molecule has 1 fully saturated rings. The van der Waals surface area contributed by atoms with E-state index in [1.165, 1.54) is 18.2 Å². The molecule has 0 bridgehead atoms. The summed E-state index contributed by atoms with van der Waals surface area (Å²) in [6.45, 7) is 1.04. The molecule has 1 aromatic rings. The molecule has 2 N–H and O–H groups in total. The van der Waals surface area contributed by atoms with Crippen molar-refractivity contribution < 1.29 is 14.5 Å². The second kappa shape index (κ2) is 6.74. The maximum absolute atomic E-state index is 12.4. The van der Waals surface area contributed by atoms with Gasteiger partial charge in [-0.3, -0.25) is 19.7 Å². The van der Waals surface area contributed by atoms with Gasteiger partial charge in [-0.1, -0.05) is 11.6 Å². The smallest absolute Gasteiger partial charge is 0.287 e. The van der Waals surface area contributed by atoms with E-state index >= 15 is 0 Å². The van der Waals surface area contributed by atoms with Crippen LogP contribution in [0.1, 0.15) is 29.6 Å². The number of carbonyl (C=O) groups excluding carboxylic acids is 2. The molecule has 2 rings (SSSR count). The van der Waals surface area contributed by atoms with Gasteiger partial charge in [0.2, 0.25) is 5.91 Å². The third-order valence-electron chi connectivity index (χ3n) is 3.69. The van der Waals surface area contributed by atoms with Crippen molar-refractivity contribution in [3.63, 3.8) is 0 Å². The van der Waals surface area contributed by atoms with E-state index in [9.17, 15) is 19.7 Å². The van der Waals surface area contributed by atoms with Crippen molar-refractivity contribution in [1.29, 1.82) is 0 Å². The summed E-state index contributed by atoms with van der Waals surface area (Å²) in [5.74, 6) is -0.563. The monoisotopic (exact) mass is 325 g/mol. The van der Waals surface area contributed by atoms with Crippen LogP contribution >= 0.6 is 11.6 Å². The topological polar surface area (TPSA) is 107 Å². The molecular formula is C14H16ClN3O4. The summed E-state index contributed by atoms with van der Waals surface area (Å²) in [4.78, 5) is 35.2. The van der Waals surface area contributed by atoms with Gasteiger partial charge in [-0.15, -0.1) is 0 Å². The number of nitrogens with two attached hydrogens (primary N) is 1. The number of amides is 2. The van der Waals surface area contributed by atoms with Crippen LogP contribution in [-0.4, -0.2) is 34.7 Å². The van der Waals surface area contributed by atoms with Crippen LogP contribution in [0, 0.1) is 16.0 Å². The zero-order valence-corrected chi connectivity index (χ0v) is 12.6. The minimum atomic E-state index is -0.597. The van der Waals surface area contributed by atoms with Gasteiger partial charge in [0.25, 0.3) is 11.6 Å². The van der Waals surface area contributed by atoms with Crippen molar-refractivity contribution in [2.45, 2.75) is 19.3 Å². The van der Waals surface area contributed by atoms with Crippen LogP contribution in [-0.2, 0) is 4.79 Å². The molecule has 0 aliphatic carbocycles. The first-order valence-corrected chi connectivity index (χ1v) is 7.28. The van der Waals surface area contributed by atoms with E-state index in [1.54, 1.807) is 4.90 Å². The van der Waals surface area contributed by atoms with Crippen LogP contribution in [0.4, 0.5) is 5.69 Å². The van der Waals surface area contributed by atoms with E-state index in [-0.39, 0.29) is 34.9 Å². The highest BCUT2D eigenvalue weighted by atomic mass is 35.5. The lowest BCUT2D eigenvalue weighted by Gasteiger charge is -2.32. The summed E-state index contributed by atoms with van der Waals surface area (Å²) in [7, 11) is 0. The van der Waals surface area contributed by atoms with Crippen molar-refractivity contribution in [2.24, 2.45) is 11.7 Å². The summed E-state index contributed by atoms with van der Waals surface area (Å²) in [5.41, 5.74) is 5.27. The van der Waals surface area contributed by atoms with Gasteiger partial charge in [-0.2, -0.15) is 0 Å². The number of carbonyl (C=O) groups is 2. The van der Waals surface area contributed by atoms with Gasteiger partial charge in [0.1, 0.15) is 5.02 Å². The van der Waals surface area contributed by atoms with E-state index in [1.807, 2.05) is 0 Å². The average Bonchev–Trinajstić information content (AvgIpc) is 2.45. The van der Waals surface area contributed by atoms with Gasteiger partial charge >= 0.3 is 0 Å². The van der Waals surface area contributed by atoms with Crippen LogP contribution in [0.15, 0.2) is 18.2 Å². The second-order valence-electron chi connectivity index (χ2n) is 5.35. The van der Waals surface area contributed by atoms with Crippen molar-refractivity contribution in [3.05, 3.63) is 38.9 Å². The highest BCUT2D eigenvalue weighted by Gasteiger charge is 2.26. The Kier molecular flexibility index (Phi) is 4.97. The average molecular weight is 326 g/mol. The Labute approximate surface area is 132 Å². The van der Waals surface area contributed by atoms with Crippen molar-refractivity contribution in [2.75, 3.05) is 13.1 Å². The normalized spacial score (nSPS) is 18.0. The van der Waals surface area contributed by atoms with Crippen LogP contribution in [0.5, 0.6) is 0 Å². The zero-order chi connectivity index (χ0) is 16.3. The molecule has 8 heteroatoms. The molecule has 0 spiro atoms. The fourth-order valence-electron chi connectivity index (χ4n) is 2.67. The quantitative estimate of drug-likeness (QED) is 0.674. The lowest BCUT2D eigenvalue weighted by Crippen LogP contribution is -2.41. The van der Waals surface area contributed by atoms with Crippen LogP contribution in [0.2, 0.25) is 5.02 Å². The SMILES string of the molecule is NC(=O)C[C@@H]1CCCN(C(=O)c2ccc([N+](=O)[O-])c(Cl)c2)C1. The number of hydrogen-bond donors (Lipinski definition) is 1. The van der Waals surface area contributed by atoms with Crippen molar-refractivity contribution in [1.82, 2.24) is 4.90 Å². The van der Waals surface area contributed by atoms with E-state index in [2.05, 4.69) is 0 Å². The Balaban J connectivity index is 2.12. The summed E-state index contributed by atoms with van der Waals surface area (Å²) in [6.07, 6.45) is 1.91. The maximum atomic E-state index is 12.4. The number of primary amides is 1. The number of piperidine rings is 1. The predicted molar refractivity (Wildman–Crippen MR) is 80.5 cm³/mol. The summed E-state index contributed by atoms with van der Waals surface area (Å²) in [5, 5.41) is 10.7. The van der Waals surface area contributed by atoms with Crippen molar-refractivity contribution >= 4 is 29.1 Å². The first kappa shape index (κ1) is 16.2. The van der Waals surface area contributed by atoms with Gasteiger partial charge in [-0.25, -0.2) is 0 Å². The Hall–Kier alpha value is -2.15. The van der Waals surface area contributed by atoms with Gasteiger partial charge in [0.15, 0.2) is 0 Å². The Bertz CT molecular complexity index is 620. The van der Waals surface area contributed by atoms with Gasteiger partial charge in [0, 0.05) is 31.1 Å². The molecule has 1 atom stereocenters. The molecule has 1 aliphatic rings. The van der Waals surface area contributed by atoms with E-state index < -0.39 is 4.92 Å². The first-order valence-electron chi connectivity index (χ1n) is 6.90. The molecule has 0 aromatic heterocycles. The number of nitro groups is 1. The number of benzene rings is 1. The maximum Gasteiger partial charge on any atom is 0.287 e. The zero-order valence-electron chi connectivity index (χ0n) is 11.8. The third kappa shape index (κ3) is 3.73. The highest BCUT2D eigenvalue weighted by Crippen LogP contribution is 2.27. The Morgan fingerprint density at radius 2 is 2.18 bits per heavy atom. The molecule has 1 aliphatic heterocycles. The third-order valence-corrected chi connectivity index (χ3v) is 3.99. The molecule has 1 aromatic carbocycles. The summed E-state index contributed by atoms with van der Waals surface area (Å²) >= 11 is 5.83. The Morgan fingerprint density at radius 1 is 1.45 bits per heavy atom. The van der Waals surface area contributed by atoms with Gasteiger partial charge < -0.3 is 10.6 Å². The fraction of sp³-hybridized carbons (Fsp3) is 0.429. The van der Waals surface area contributed by atoms with Gasteiger partial charge in [0.05, 0.1) is 4.92 Å². The minimum absolute atomic E-state index is 0.0590. The standard InChI is InChI=1S/C14H16ClN3O4/c15-11-7-10(3-4-12(11)18(21)22)14(20)17-5-1-2-9(8-17)6-13(16)19/h3-4,7,9H,1-2,5-6,8H2,(H2,16,19)/t9-/m0/s1. The lowest BCUT2D eigenvalue weighted by atomic mass is 9.94. The molecule has 22 heavy (non-hydrogen) atoms. The first-order chi connectivity index (χ1) is 10.4. The van der Waals surface area contributed by atoms with Gasteiger partial charge in [-0.05, 0) is 30.9 Å².